The van der Waals surface area contributed by atoms with Crippen LogP contribution in [0.1, 0.15) is 15.6 Å². The smallest absolute Gasteiger partial charge is 0.356 e. The molecule has 0 atom stereocenters. The quantitative estimate of drug-likeness (QED) is 0.362. The predicted octanol–water partition coefficient (Wildman–Crippen LogP) is 2.11. The molecule has 1 aromatic heterocycles. The van der Waals surface area contributed by atoms with Crippen LogP contribution in [0.15, 0.2) is 4.99 Å². The Morgan fingerprint density at radius 1 is 1.32 bits per heavy atom. The van der Waals surface area contributed by atoms with Crippen molar-refractivity contribution in [2.75, 3.05) is 33.7 Å². The van der Waals surface area contributed by atoms with E-state index in [0.29, 0.717) is 23.8 Å². The summed E-state index contributed by atoms with van der Waals surface area (Å²) in [6.45, 7) is 2.97. The van der Waals surface area contributed by atoms with Crippen molar-refractivity contribution in [2.45, 2.75) is 26.4 Å². The molecule has 1 rings (SSSR count). The highest BCUT2D eigenvalue weighted by atomic mass is 127. The number of guanidine groups is 1. The van der Waals surface area contributed by atoms with Crippen LogP contribution >= 0.6 is 35.3 Å². The first-order chi connectivity index (χ1) is 11.1. The van der Waals surface area contributed by atoms with E-state index in [2.05, 4.69) is 20.6 Å². The molecule has 1 amide bonds. The van der Waals surface area contributed by atoms with Crippen LogP contribution in [0.5, 0.6) is 0 Å². The van der Waals surface area contributed by atoms with Gasteiger partial charge in [-0.05, 0) is 13.8 Å². The van der Waals surface area contributed by atoms with Crippen molar-refractivity contribution >= 4 is 47.2 Å². The standard InChI is InChI=1S/C14H22F3N5OS.HI/c1-9-10(2)24-11(21-9)5-6-19-13(18-3)20-7-12(23)22(4)8-14(15,16)17;/h5-8H2,1-4H3,(H2,18,19,20);1H. The third kappa shape index (κ3) is 9.23. The van der Waals surface area contributed by atoms with Crippen molar-refractivity contribution < 1.29 is 18.0 Å². The van der Waals surface area contributed by atoms with Crippen molar-refractivity contribution in [1.29, 1.82) is 0 Å². The molecule has 25 heavy (non-hydrogen) atoms. The number of hydrogen-bond acceptors (Lipinski definition) is 4. The van der Waals surface area contributed by atoms with Gasteiger partial charge in [-0.1, -0.05) is 0 Å². The number of thiazole rings is 1. The van der Waals surface area contributed by atoms with E-state index < -0.39 is 18.6 Å². The Labute approximate surface area is 166 Å². The second-order valence-electron chi connectivity index (χ2n) is 5.22. The number of amides is 1. The number of aliphatic imine (C=N–C) groups is 1. The molecule has 0 saturated heterocycles. The highest BCUT2D eigenvalue weighted by Crippen LogP contribution is 2.16. The molecule has 2 N–H and O–H groups in total. The number of aromatic nitrogens is 1. The van der Waals surface area contributed by atoms with Crippen molar-refractivity contribution in [3.8, 4) is 0 Å². The zero-order chi connectivity index (χ0) is 18.3. The van der Waals surface area contributed by atoms with Crippen molar-refractivity contribution in [3.63, 3.8) is 0 Å². The van der Waals surface area contributed by atoms with Crippen LogP contribution in [0, 0.1) is 13.8 Å². The lowest BCUT2D eigenvalue weighted by Gasteiger charge is -2.19. The van der Waals surface area contributed by atoms with Crippen molar-refractivity contribution in [3.05, 3.63) is 15.6 Å². The Bertz CT molecular complexity index is 572. The lowest BCUT2D eigenvalue weighted by molar-refractivity contribution is -0.157. The molecule has 1 heterocycles. The summed E-state index contributed by atoms with van der Waals surface area (Å²) in [5, 5.41) is 6.70. The normalized spacial score (nSPS) is 11.7. The molecular weight excluding hydrogens is 470 g/mol. The number of halogens is 4. The molecule has 0 aliphatic carbocycles. The molecule has 0 aromatic carbocycles. The van der Waals surface area contributed by atoms with Crippen LogP contribution in [0.2, 0.25) is 0 Å². The van der Waals surface area contributed by atoms with Crippen LogP contribution in [0.25, 0.3) is 0 Å². The Hall–Kier alpha value is -1.11. The molecule has 1 aromatic rings. The van der Waals surface area contributed by atoms with Crippen LogP contribution in [-0.4, -0.2) is 61.7 Å². The topological polar surface area (TPSA) is 69.6 Å². The Kier molecular flexibility index (Phi) is 10.3. The zero-order valence-electron chi connectivity index (χ0n) is 14.5. The average Bonchev–Trinajstić information content (AvgIpc) is 2.79. The van der Waals surface area contributed by atoms with Gasteiger partial charge in [0.15, 0.2) is 5.96 Å². The molecule has 6 nitrogen and oxygen atoms in total. The molecule has 11 heteroatoms. The molecule has 0 radical (unpaired) electrons. The summed E-state index contributed by atoms with van der Waals surface area (Å²) in [5.41, 5.74) is 1.01. The number of carbonyl (C=O) groups excluding carboxylic acids is 1. The molecule has 0 saturated carbocycles. The van der Waals surface area contributed by atoms with Gasteiger partial charge < -0.3 is 15.5 Å². The van der Waals surface area contributed by atoms with E-state index in [4.69, 9.17) is 0 Å². The van der Waals surface area contributed by atoms with Crippen LogP contribution < -0.4 is 10.6 Å². The second-order valence-corrected chi connectivity index (χ2v) is 6.50. The van der Waals surface area contributed by atoms with Crippen molar-refractivity contribution in [2.24, 2.45) is 4.99 Å². The molecule has 144 valence electrons. The molecule has 0 fully saturated rings. The number of hydrogen-bond donors (Lipinski definition) is 2. The van der Waals surface area contributed by atoms with E-state index in [1.165, 1.54) is 11.9 Å². The minimum Gasteiger partial charge on any atom is -0.356 e. The Balaban J connectivity index is 0.00000576. The van der Waals surface area contributed by atoms with E-state index in [1.54, 1.807) is 11.3 Å². The first-order valence-electron chi connectivity index (χ1n) is 7.30. The number of rotatable bonds is 6. The van der Waals surface area contributed by atoms with E-state index in [-0.39, 0.29) is 30.5 Å². The molecule has 0 spiro atoms. The second kappa shape index (κ2) is 10.8. The minimum atomic E-state index is -4.41. The SMILES string of the molecule is CN=C(NCCc1nc(C)c(C)s1)NCC(=O)N(C)CC(F)(F)F.I. The first kappa shape index (κ1) is 23.9. The lowest BCUT2D eigenvalue weighted by atomic mass is 10.4. The van der Waals surface area contributed by atoms with Gasteiger partial charge in [-0.15, -0.1) is 35.3 Å². The number of nitrogens with zero attached hydrogens (tertiary/aromatic N) is 3. The number of nitrogens with one attached hydrogen (secondary N) is 2. The number of carbonyl (C=O) groups is 1. The van der Waals surface area contributed by atoms with E-state index in [0.717, 1.165) is 17.7 Å². The monoisotopic (exact) mass is 493 g/mol. The minimum absolute atomic E-state index is 0. The van der Waals surface area contributed by atoms with Crippen LogP contribution in [-0.2, 0) is 11.2 Å². The summed E-state index contributed by atoms with van der Waals surface area (Å²) < 4.78 is 36.7. The summed E-state index contributed by atoms with van der Waals surface area (Å²) in [7, 11) is 2.64. The maximum absolute atomic E-state index is 12.2. The fourth-order valence-corrected chi connectivity index (χ4v) is 2.74. The maximum Gasteiger partial charge on any atom is 0.406 e. The third-order valence-corrected chi connectivity index (χ3v) is 4.31. The fourth-order valence-electron chi connectivity index (χ4n) is 1.81. The molecule has 0 unspecified atom stereocenters. The van der Waals surface area contributed by atoms with Gasteiger partial charge in [-0.3, -0.25) is 9.79 Å². The molecule has 0 aliphatic heterocycles. The summed E-state index contributed by atoms with van der Waals surface area (Å²) in [4.78, 5) is 21.8. The maximum atomic E-state index is 12.2. The largest absolute Gasteiger partial charge is 0.406 e. The predicted molar refractivity (Wildman–Crippen MR) is 104 cm³/mol. The molecular formula is C14H23F3IN5OS. The number of alkyl halides is 3. The van der Waals surface area contributed by atoms with Gasteiger partial charge in [0.1, 0.15) is 6.54 Å². The average molecular weight is 493 g/mol. The Morgan fingerprint density at radius 2 is 1.96 bits per heavy atom. The van der Waals surface area contributed by atoms with Gasteiger partial charge in [-0.2, -0.15) is 13.2 Å². The summed E-state index contributed by atoms with van der Waals surface area (Å²) in [6, 6.07) is 0. The van der Waals surface area contributed by atoms with E-state index in [9.17, 15) is 18.0 Å². The van der Waals surface area contributed by atoms with Gasteiger partial charge in [0.25, 0.3) is 0 Å². The fraction of sp³-hybridized carbons (Fsp3) is 0.643. The van der Waals surface area contributed by atoms with Gasteiger partial charge >= 0.3 is 6.18 Å². The van der Waals surface area contributed by atoms with Gasteiger partial charge in [0.2, 0.25) is 5.91 Å². The van der Waals surface area contributed by atoms with E-state index in [1.807, 2.05) is 13.8 Å². The number of likely N-dealkylation sites (N-methyl/N-ethyl adjacent to an activating group) is 1. The summed E-state index contributed by atoms with van der Waals surface area (Å²) >= 11 is 1.62. The van der Waals surface area contributed by atoms with Gasteiger partial charge in [0.05, 0.1) is 17.2 Å². The van der Waals surface area contributed by atoms with Crippen LogP contribution in [0.3, 0.4) is 0 Å². The molecule has 0 bridgehead atoms. The first-order valence-corrected chi connectivity index (χ1v) is 8.12. The van der Waals surface area contributed by atoms with E-state index >= 15 is 0 Å². The highest BCUT2D eigenvalue weighted by Gasteiger charge is 2.31. The van der Waals surface area contributed by atoms with Crippen molar-refractivity contribution in [1.82, 2.24) is 20.5 Å². The Morgan fingerprint density at radius 3 is 2.44 bits per heavy atom. The summed E-state index contributed by atoms with van der Waals surface area (Å²) in [6.07, 6.45) is -3.71. The summed E-state index contributed by atoms with van der Waals surface area (Å²) in [5.74, 6) is -0.310. The lowest BCUT2D eigenvalue weighted by Crippen LogP contribution is -2.45. The molecule has 0 aliphatic rings. The zero-order valence-corrected chi connectivity index (χ0v) is 17.7. The van der Waals surface area contributed by atoms with Crippen LogP contribution in [0.4, 0.5) is 13.2 Å². The highest BCUT2D eigenvalue weighted by molar-refractivity contribution is 14.0. The van der Waals surface area contributed by atoms with Gasteiger partial charge in [0, 0.05) is 31.9 Å². The number of aryl methyl sites for hydroxylation is 2. The van der Waals surface area contributed by atoms with Gasteiger partial charge in [-0.25, -0.2) is 4.98 Å². The third-order valence-electron chi connectivity index (χ3n) is 3.18.